The summed E-state index contributed by atoms with van der Waals surface area (Å²) in [5.74, 6) is -7.83. The van der Waals surface area contributed by atoms with E-state index in [1.54, 1.807) is 0 Å². The molecule has 0 heterocycles. The molecule has 0 aromatic rings. The van der Waals surface area contributed by atoms with Crippen LogP contribution in [0.3, 0.4) is 0 Å². The smallest absolute Gasteiger partial charge is 0.305 e. The number of nitrogens with one attached hydrogen (secondary N) is 6. The van der Waals surface area contributed by atoms with E-state index >= 15 is 0 Å². The second kappa shape index (κ2) is 44.2. The van der Waals surface area contributed by atoms with Crippen molar-refractivity contribution in [2.75, 3.05) is 13.1 Å². The van der Waals surface area contributed by atoms with E-state index in [1.165, 1.54) is 122 Å². The lowest BCUT2D eigenvalue weighted by molar-refractivity contribution is -0.141. The zero-order valence-electron chi connectivity index (χ0n) is 43.4. The Balaban J connectivity index is 5.36. The first-order chi connectivity index (χ1) is 33.6. The van der Waals surface area contributed by atoms with Crippen molar-refractivity contribution in [3.63, 3.8) is 0 Å². The number of primary amides is 1. The van der Waals surface area contributed by atoms with Crippen LogP contribution < -0.4 is 37.6 Å². The van der Waals surface area contributed by atoms with Crippen molar-refractivity contribution in [2.24, 2.45) is 5.73 Å². The number of carbonyl (C=O) groups is 9. The molecule has 0 aromatic carbocycles. The summed E-state index contributed by atoms with van der Waals surface area (Å²) in [5.41, 5.74) is 5.42. The Morgan fingerprint density at radius 3 is 1.23 bits per heavy atom. The molecule has 10 N–H and O–H groups in total. The van der Waals surface area contributed by atoms with Crippen molar-refractivity contribution in [3.8, 4) is 0 Å². The molecule has 18 nitrogen and oxygen atoms in total. The van der Waals surface area contributed by atoms with Gasteiger partial charge in [-0.15, -0.1) is 0 Å². The molecule has 0 aliphatic heterocycles. The van der Waals surface area contributed by atoms with Crippen molar-refractivity contribution in [2.45, 2.75) is 263 Å². The zero-order chi connectivity index (χ0) is 52.2. The van der Waals surface area contributed by atoms with Gasteiger partial charge >= 0.3 is 11.9 Å². The molecular weight excluding hydrogens is 899 g/mol. The van der Waals surface area contributed by atoms with Crippen LogP contribution in [0, 0.1) is 0 Å². The fraction of sp³-hybridized carbons (Fsp3) is 0.827. The molecule has 18 heteroatoms. The van der Waals surface area contributed by atoms with Crippen LogP contribution >= 0.6 is 0 Å². The van der Waals surface area contributed by atoms with Gasteiger partial charge in [0.15, 0.2) is 0 Å². The normalized spacial score (nSPS) is 12.7. The molecule has 0 aromatic heterocycles. The number of rotatable bonds is 48. The molecule has 404 valence electrons. The maximum absolute atomic E-state index is 13.8. The van der Waals surface area contributed by atoms with Crippen LogP contribution in [0.1, 0.15) is 239 Å². The number of carbonyl (C=O) groups excluding carboxylic acids is 7. The van der Waals surface area contributed by atoms with E-state index in [9.17, 15) is 48.3 Å². The molecule has 0 aliphatic rings. The van der Waals surface area contributed by atoms with Gasteiger partial charge in [0.25, 0.3) is 0 Å². The van der Waals surface area contributed by atoms with Gasteiger partial charge < -0.3 is 47.8 Å². The molecule has 4 atom stereocenters. The lowest BCUT2D eigenvalue weighted by Crippen LogP contribution is -2.58. The Kier molecular flexibility index (Phi) is 41.2. The maximum atomic E-state index is 13.8. The summed E-state index contributed by atoms with van der Waals surface area (Å²) in [7, 11) is 0. The number of carboxylic acid groups (broad SMARTS) is 2. The third-order valence-corrected chi connectivity index (χ3v) is 12.3. The van der Waals surface area contributed by atoms with Gasteiger partial charge in [0, 0.05) is 25.4 Å². The SMILES string of the molecule is CCCCCCCCCCCCCCCC(=O)NCCCC[C@H](NC(=O)CCCCCCCCCCCCCCC)C(=O)N[C@@H](CC(N)=O)C(=O)N[C@@H](CC(=O)O)C(=O)NCC(=O)N[C@H](C)CC(=O)O. The van der Waals surface area contributed by atoms with Crippen LogP contribution in [0.4, 0.5) is 0 Å². The van der Waals surface area contributed by atoms with E-state index in [1.807, 2.05) is 0 Å². The van der Waals surface area contributed by atoms with Gasteiger partial charge in [-0.2, -0.15) is 0 Å². The van der Waals surface area contributed by atoms with E-state index in [0.29, 0.717) is 32.2 Å². The molecule has 0 aliphatic carbocycles. The maximum Gasteiger partial charge on any atom is 0.305 e. The molecule has 0 saturated carbocycles. The van der Waals surface area contributed by atoms with Crippen LogP contribution in [0.2, 0.25) is 0 Å². The van der Waals surface area contributed by atoms with Crippen LogP contribution in [0.15, 0.2) is 0 Å². The topological polar surface area (TPSA) is 292 Å². The first-order valence-corrected chi connectivity index (χ1v) is 27.0. The van der Waals surface area contributed by atoms with Gasteiger partial charge in [-0.25, -0.2) is 0 Å². The first kappa shape index (κ1) is 65.2. The van der Waals surface area contributed by atoms with E-state index in [2.05, 4.69) is 45.7 Å². The number of nitrogens with two attached hydrogens (primary N) is 1. The summed E-state index contributed by atoms with van der Waals surface area (Å²) in [6.07, 6.45) is 30.3. The van der Waals surface area contributed by atoms with E-state index in [-0.39, 0.29) is 31.1 Å². The van der Waals surface area contributed by atoms with Gasteiger partial charge in [0.05, 0.1) is 25.8 Å². The molecular formula is C52H95N7O11. The predicted molar refractivity (Wildman–Crippen MR) is 272 cm³/mol. The van der Waals surface area contributed by atoms with Gasteiger partial charge in [0.1, 0.15) is 18.1 Å². The highest BCUT2D eigenvalue weighted by molar-refractivity contribution is 5.97. The Bertz CT molecular complexity index is 1500. The minimum atomic E-state index is -1.75. The molecule has 0 unspecified atom stereocenters. The summed E-state index contributed by atoms with van der Waals surface area (Å²) in [6.45, 7) is 5.58. The average Bonchev–Trinajstić information content (AvgIpc) is 3.29. The van der Waals surface area contributed by atoms with E-state index in [4.69, 9.17) is 10.8 Å². The molecule has 0 saturated heterocycles. The van der Waals surface area contributed by atoms with Crippen LogP contribution in [0.25, 0.3) is 0 Å². The molecule has 70 heavy (non-hydrogen) atoms. The van der Waals surface area contributed by atoms with Crippen molar-refractivity contribution in [1.82, 2.24) is 31.9 Å². The second-order valence-corrected chi connectivity index (χ2v) is 19.1. The van der Waals surface area contributed by atoms with Crippen LogP contribution in [-0.2, 0) is 43.2 Å². The standard InChI is InChI=1S/C52H95N7O11/c1-4-6-8-10-12-14-16-18-20-22-24-26-28-33-45(61)54-35-31-30-32-41(57-46(62)34-29-27-25-23-21-19-17-15-13-11-9-7-5-2)51(69)58-42(37-44(53)60)52(70)59-43(38-49(66)67)50(68)55-39-47(63)56-40(3)36-48(64)65/h40-43H,4-39H2,1-3H3,(H2,53,60)(H,54,61)(H,55,68)(H,56,63)(H,57,62)(H,58,69)(H,59,70)(H,64,65)(H,66,67)/t40-,41+,42+,43+/m1/s1. The number of unbranched alkanes of at least 4 members (excludes halogenated alkanes) is 25. The first-order valence-electron chi connectivity index (χ1n) is 27.0. The molecule has 0 spiro atoms. The predicted octanol–water partition coefficient (Wildman–Crippen LogP) is 7.14. The number of hydrogen-bond acceptors (Lipinski definition) is 9. The average molecular weight is 994 g/mol. The van der Waals surface area contributed by atoms with Gasteiger partial charge in [-0.3, -0.25) is 43.2 Å². The Labute approximate surface area is 419 Å². The number of carboxylic acids is 2. The van der Waals surface area contributed by atoms with Crippen LogP contribution in [0.5, 0.6) is 0 Å². The highest BCUT2D eigenvalue weighted by atomic mass is 16.4. The van der Waals surface area contributed by atoms with Crippen LogP contribution in [-0.4, -0.2) is 101 Å². The quantitative estimate of drug-likeness (QED) is 0.0276. The number of aliphatic carboxylic acids is 2. The van der Waals surface area contributed by atoms with Gasteiger partial charge in [0.2, 0.25) is 41.4 Å². The fourth-order valence-electron chi connectivity index (χ4n) is 8.20. The lowest BCUT2D eigenvalue weighted by Gasteiger charge is -2.24. The van der Waals surface area contributed by atoms with E-state index < -0.39 is 85.0 Å². The number of hydrogen-bond donors (Lipinski definition) is 9. The third kappa shape index (κ3) is 40.0. The van der Waals surface area contributed by atoms with Crippen molar-refractivity contribution in [1.29, 1.82) is 0 Å². The summed E-state index contributed by atoms with van der Waals surface area (Å²) in [6, 6.07) is -5.33. The van der Waals surface area contributed by atoms with Gasteiger partial charge in [-0.05, 0) is 39.0 Å². The minimum Gasteiger partial charge on any atom is -0.481 e. The summed E-state index contributed by atoms with van der Waals surface area (Å²) in [5, 5.41) is 33.3. The van der Waals surface area contributed by atoms with Crippen molar-refractivity contribution < 1.29 is 53.4 Å². The number of amides is 7. The monoisotopic (exact) mass is 994 g/mol. The Hall–Kier alpha value is -4.77. The Morgan fingerprint density at radius 2 is 0.800 bits per heavy atom. The fourth-order valence-corrected chi connectivity index (χ4v) is 8.20. The minimum absolute atomic E-state index is 0.0488. The second-order valence-electron chi connectivity index (χ2n) is 19.1. The molecule has 0 rings (SSSR count). The zero-order valence-corrected chi connectivity index (χ0v) is 43.4. The lowest BCUT2D eigenvalue weighted by atomic mass is 10.0. The van der Waals surface area contributed by atoms with Gasteiger partial charge in [-0.1, -0.05) is 168 Å². The molecule has 0 fully saturated rings. The Morgan fingerprint density at radius 1 is 0.400 bits per heavy atom. The summed E-state index contributed by atoms with van der Waals surface area (Å²) >= 11 is 0. The molecule has 0 radical (unpaired) electrons. The molecule has 0 bridgehead atoms. The summed E-state index contributed by atoms with van der Waals surface area (Å²) in [4.78, 5) is 113. The highest BCUT2D eigenvalue weighted by Gasteiger charge is 2.32. The highest BCUT2D eigenvalue weighted by Crippen LogP contribution is 2.15. The third-order valence-electron chi connectivity index (χ3n) is 12.3. The van der Waals surface area contributed by atoms with Crippen molar-refractivity contribution in [3.05, 3.63) is 0 Å². The summed E-state index contributed by atoms with van der Waals surface area (Å²) < 4.78 is 0. The molecule has 7 amide bonds. The van der Waals surface area contributed by atoms with E-state index in [0.717, 1.165) is 44.9 Å². The van der Waals surface area contributed by atoms with Crippen molar-refractivity contribution >= 4 is 53.3 Å². The largest absolute Gasteiger partial charge is 0.481 e.